The van der Waals surface area contributed by atoms with Crippen LogP contribution in [0.4, 0.5) is 8.78 Å². The molecule has 0 bridgehead atoms. The van der Waals surface area contributed by atoms with Crippen LogP contribution in [0.3, 0.4) is 0 Å². The second-order valence-electron chi connectivity index (χ2n) is 10.1. The zero-order valence-electron chi connectivity index (χ0n) is 21.2. The van der Waals surface area contributed by atoms with Crippen LogP contribution in [0.2, 0.25) is 0 Å². The van der Waals surface area contributed by atoms with E-state index in [1.54, 1.807) is 24.4 Å². The maximum Gasteiger partial charge on any atom is 0.165 e. The lowest BCUT2D eigenvalue weighted by atomic mass is 9.91. The molecule has 5 rings (SSSR count). The lowest BCUT2D eigenvalue weighted by Crippen LogP contribution is -2.47. The van der Waals surface area contributed by atoms with E-state index < -0.39 is 11.6 Å². The first-order valence-corrected chi connectivity index (χ1v) is 12.2. The number of fused-ring (bicyclic) bond motifs is 1. The summed E-state index contributed by atoms with van der Waals surface area (Å²) in [5, 5.41) is 10.1. The predicted octanol–water partition coefficient (Wildman–Crippen LogP) is 5.38. The highest BCUT2D eigenvalue weighted by molar-refractivity contribution is 6.02. The van der Waals surface area contributed by atoms with E-state index in [9.17, 15) is 14.0 Å². The maximum atomic E-state index is 14.7. The third kappa shape index (κ3) is 4.68. The minimum atomic E-state index is -0.613. The molecule has 0 atom stereocenters. The number of hydrogen-bond acceptors (Lipinski definition) is 5. The average molecular weight is 502 g/mol. The molecule has 8 heteroatoms. The first kappa shape index (κ1) is 24.9. The molecule has 190 valence electrons. The number of methoxy groups -OCH3 is 1. The van der Waals surface area contributed by atoms with Crippen molar-refractivity contribution in [3.8, 4) is 34.2 Å². The molecule has 4 aromatic rings. The van der Waals surface area contributed by atoms with Crippen molar-refractivity contribution < 1.29 is 13.5 Å². The van der Waals surface area contributed by atoms with Gasteiger partial charge in [-0.15, -0.1) is 0 Å². The van der Waals surface area contributed by atoms with E-state index in [1.807, 2.05) is 13.1 Å². The van der Waals surface area contributed by atoms with E-state index in [-0.39, 0.29) is 16.9 Å². The Labute approximate surface area is 214 Å². The zero-order chi connectivity index (χ0) is 26.3. The molecule has 1 aliphatic rings. The van der Waals surface area contributed by atoms with Gasteiger partial charge in [0, 0.05) is 54.4 Å². The minimum Gasteiger partial charge on any atom is -0.494 e. The molecular weight excluding hydrogens is 472 g/mol. The Hall–Kier alpha value is -3.80. The molecule has 1 aliphatic heterocycles. The Morgan fingerprint density at radius 3 is 2.43 bits per heavy atom. The summed E-state index contributed by atoms with van der Waals surface area (Å²) >= 11 is 0. The van der Waals surface area contributed by atoms with Crippen LogP contribution in [0.1, 0.15) is 31.0 Å². The van der Waals surface area contributed by atoms with E-state index in [4.69, 9.17) is 15.5 Å². The van der Waals surface area contributed by atoms with E-state index in [0.717, 1.165) is 49.1 Å². The summed E-state index contributed by atoms with van der Waals surface area (Å²) in [5.74, 6) is -0.990. The number of aromatic nitrogens is 2. The number of nitrogens with two attached hydrogens (primary N) is 1. The quantitative estimate of drug-likeness (QED) is 0.397. The Morgan fingerprint density at radius 2 is 1.78 bits per heavy atom. The van der Waals surface area contributed by atoms with Crippen LogP contribution in [0, 0.1) is 23.0 Å². The fourth-order valence-electron chi connectivity index (χ4n) is 5.04. The van der Waals surface area contributed by atoms with Gasteiger partial charge >= 0.3 is 0 Å². The fraction of sp³-hybridized carbons (Fsp3) is 0.310. The smallest absolute Gasteiger partial charge is 0.165 e. The van der Waals surface area contributed by atoms with Crippen molar-refractivity contribution >= 4 is 10.9 Å². The van der Waals surface area contributed by atoms with Crippen molar-refractivity contribution in [2.75, 3.05) is 20.2 Å². The second kappa shape index (κ2) is 9.58. The molecule has 1 saturated heterocycles. The van der Waals surface area contributed by atoms with Gasteiger partial charge in [-0.2, -0.15) is 5.26 Å². The number of piperidine rings is 1. The summed E-state index contributed by atoms with van der Waals surface area (Å²) in [7, 11) is 3.40. The molecule has 37 heavy (non-hydrogen) atoms. The molecule has 3 heterocycles. The van der Waals surface area contributed by atoms with E-state index in [1.165, 1.54) is 25.3 Å². The number of hydrogen-bond donors (Lipinski definition) is 1. The van der Waals surface area contributed by atoms with Crippen molar-refractivity contribution in [2.24, 2.45) is 12.8 Å². The molecule has 0 unspecified atom stereocenters. The van der Waals surface area contributed by atoms with Gasteiger partial charge in [0.1, 0.15) is 11.9 Å². The van der Waals surface area contributed by atoms with Gasteiger partial charge < -0.3 is 15.0 Å². The number of ether oxygens (including phenoxy) is 1. The first-order valence-electron chi connectivity index (χ1n) is 12.2. The molecular formula is C29H29F2N5O. The van der Waals surface area contributed by atoms with Crippen molar-refractivity contribution in [1.82, 2.24) is 14.5 Å². The van der Waals surface area contributed by atoms with Crippen LogP contribution in [0.25, 0.3) is 33.3 Å². The largest absolute Gasteiger partial charge is 0.494 e. The normalized spacial score (nSPS) is 15.6. The standard InChI is InChI=1S/C29H29F2N5O/c1-29(33)8-10-36(11-9-29)17-21-14-22-25(35(21)2)16-34-28(19-6-7-26(37-3)24(31)13-19)27(22)18-4-5-20(15-32)23(30)12-18/h4-7,12-14,16H,8-11,17,33H2,1-3H3. The summed E-state index contributed by atoms with van der Waals surface area (Å²) in [6.45, 7) is 4.67. The number of halogens is 2. The van der Waals surface area contributed by atoms with Crippen LogP contribution in [-0.2, 0) is 13.6 Å². The summed E-state index contributed by atoms with van der Waals surface area (Å²) in [6, 6.07) is 13.1. The third-order valence-corrected chi connectivity index (χ3v) is 7.39. The molecule has 6 nitrogen and oxygen atoms in total. The van der Waals surface area contributed by atoms with Gasteiger partial charge in [-0.3, -0.25) is 9.88 Å². The molecule has 0 radical (unpaired) electrons. The summed E-state index contributed by atoms with van der Waals surface area (Å²) in [6.07, 6.45) is 3.63. The molecule has 2 N–H and O–H groups in total. The van der Waals surface area contributed by atoms with Gasteiger partial charge in [0.2, 0.25) is 0 Å². The van der Waals surface area contributed by atoms with Crippen molar-refractivity contribution in [2.45, 2.75) is 31.8 Å². The highest BCUT2D eigenvalue weighted by atomic mass is 19.1. The van der Waals surface area contributed by atoms with Crippen LogP contribution < -0.4 is 10.5 Å². The Morgan fingerprint density at radius 1 is 1.08 bits per heavy atom. The van der Waals surface area contributed by atoms with Gasteiger partial charge in [0.05, 0.1) is 30.1 Å². The number of pyridine rings is 1. The Balaban J connectivity index is 1.66. The number of benzene rings is 2. The van der Waals surface area contributed by atoms with Crippen molar-refractivity contribution in [3.63, 3.8) is 0 Å². The van der Waals surface area contributed by atoms with Gasteiger partial charge in [0.25, 0.3) is 0 Å². The van der Waals surface area contributed by atoms with E-state index in [2.05, 4.69) is 22.5 Å². The molecule has 2 aromatic heterocycles. The molecule has 0 spiro atoms. The highest BCUT2D eigenvalue weighted by Crippen LogP contribution is 2.39. The van der Waals surface area contributed by atoms with Gasteiger partial charge in [0.15, 0.2) is 11.6 Å². The molecule has 0 aliphatic carbocycles. The predicted molar refractivity (Wildman–Crippen MR) is 140 cm³/mol. The summed E-state index contributed by atoms with van der Waals surface area (Å²) < 4.78 is 36.6. The maximum absolute atomic E-state index is 14.7. The van der Waals surface area contributed by atoms with Crippen LogP contribution in [-0.4, -0.2) is 40.2 Å². The monoisotopic (exact) mass is 501 g/mol. The van der Waals surface area contributed by atoms with Crippen LogP contribution in [0.15, 0.2) is 48.7 Å². The first-order chi connectivity index (χ1) is 17.7. The van der Waals surface area contributed by atoms with Gasteiger partial charge in [-0.05, 0) is 61.7 Å². The molecule has 0 saturated carbocycles. The van der Waals surface area contributed by atoms with E-state index in [0.29, 0.717) is 22.4 Å². The topological polar surface area (TPSA) is 80.1 Å². The number of rotatable bonds is 5. The van der Waals surface area contributed by atoms with Crippen LogP contribution in [0.5, 0.6) is 5.75 Å². The average Bonchev–Trinajstić information content (AvgIpc) is 3.19. The fourth-order valence-corrected chi connectivity index (χ4v) is 5.04. The third-order valence-electron chi connectivity index (χ3n) is 7.39. The van der Waals surface area contributed by atoms with Crippen molar-refractivity contribution in [3.05, 3.63) is 71.6 Å². The lowest BCUT2D eigenvalue weighted by Gasteiger charge is -2.36. The van der Waals surface area contributed by atoms with Gasteiger partial charge in [-0.25, -0.2) is 8.78 Å². The van der Waals surface area contributed by atoms with Gasteiger partial charge in [-0.1, -0.05) is 6.07 Å². The second-order valence-corrected chi connectivity index (χ2v) is 10.1. The molecule has 0 amide bonds. The number of nitriles is 1. The Bertz CT molecular complexity index is 1530. The molecule has 2 aromatic carbocycles. The number of nitrogens with zero attached hydrogens (tertiary/aromatic N) is 4. The van der Waals surface area contributed by atoms with E-state index >= 15 is 0 Å². The highest BCUT2D eigenvalue weighted by Gasteiger charge is 2.27. The minimum absolute atomic E-state index is 0.0355. The van der Waals surface area contributed by atoms with Crippen molar-refractivity contribution in [1.29, 1.82) is 5.26 Å². The Kier molecular flexibility index (Phi) is 6.44. The zero-order valence-corrected chi connectivity index (χ0v) is 21.2. The number of aryl methyl sites for hydroxylation is 1. The molecule has 1 fully saturated rings. The lowest BCUT2D eigenvalue weighted by molar-refractivity contribution is 0.162. The summed E-state index contributed by atoms with van der Waals surface area (Å²) in [5.41, 5.74) is 10.4. The summed E-state index contributed by atoms with van der Waals surface area (Å²) in [4.78, 5) is 7.10. The SMILES string of the molecule is COc1ccc(-c2ncc3c(cc(CN4CCC(C)(N)CC4)n3C)c2-c2ccc(C#N)c(F)c2)cc1F. The van der Waals surface area contributed by atoms with Crippen LogP contribution >= 0.6 is 0 Å². The number of likely N-dealkylation sites (tertiary alicyclic amines) is 1.